The molecule has 0 aliphatic heterocycles. The van der Waals surface area contributed by atoms with E-state index in [4.69, 9.17) is 10.5 Å². The van der Waals surface area contributed by atoms with Crippen LogP contribution in [0.1, 0.15) is 44.8 Å². The van der Waals surface area contributed by atoms with Gasteiger partial charge in [-0.1, -0.05) is 13.8 Å². The lowest BCUT2D eigenvalue weighted by Crippen LogP contribution is -2.33. The molecule has 0 saturated heterocycles. The lowest BCUT2D eigenvalue weighted by Gasteiger charge is -2.12. The van der Waals surface area contributed by atoms with Gasteiger partial charge in [-0.15, -0.1) is 0 Å². The number of aromatic nitrogens is 2. The molecule has 1 atom stereocenters. The van der Waals surface area contributed by atoms with Crippen LogP contribution in [0.25, 0.3) is 0 Å². The van der Waals surface area contributed by atoms with Gasteiger partial charge in [-0.05, 0) is 25.3 Å². The molecule has 0 aliphatic carbocycles. The van der Waals surface area contributed by atoms with Crippen LogP contribution in [0, 0.1) is 0 Å². The molecule has 1 aromatic heterocycles. The molecule has 0 aromatic carbocycles. The molecule has 5 heteroatoms. The van der Waals surface area contributed by atoms with Gasteiger partial charge in [-0.25, -0.2) is 0 Å². The number of hydrogen-bond acceptors (Lipinski definition) is 4. The van der Waals surface area contributed by atoms with E-state index in [0.717, 1.165) is 18.5 Å². The zero-order valence-electron chi connectivity index (χ0n) is 12.1. The van der Waals surface area contributed by atoms with Crippen molar-refractivity contribution in [2.45, 2.75) is 51.6 Å². The van der Waals surface area contributed by atoms with Crippen molar-refractivity contribution in [1.82, 2.24) is 9.78 Å². The molecule has 0 aliphatic rings. The van der Waals surface area contributed by atoms with Gasteiger partial charge in [0.2, 0.25) is 0 Å². The molecule has 0 amide bonds. The first kappa shape index (κ1) is 15.9. The van der Waals surface area contributed by atoms with Gasteiger partial charge in [0, 0.05) is 19.9 Å². The third-order valence-electron chi connectivity index (χ3n) is 3.38. The van der Waals surface area contributed by atoms with Crippen LogP contribution in [0.4, 0.5) is 0 Å². The number of rotatable bonds is 9. The molecule has 0 radical (unpaired) electrons. The predicted octanol–water partition coefficient (Wildman–Crippen LogP) is 1.72. The Morgan fingerprint density at radius 3 is 2.74 bits per heavy atom. The van der Waals surface area contributed by atoms with E-state index < -0.39 is 6.04 Å². The van der Waals surface area contributed by atoms with Crippen LogP contribution in [-0.4, -0.2) is 35.3 Å². The Balaban J connectivity index is 2.55. The summed E-state index contributed by atoms with van der Waals surface area (Å²) in [6.45, 7) is 4.79. The minimum absolute atomic E-state index is 0.0202. The van der Waals surface area contributed by atoms with E-state index in [0.29, 0.717) is 25.5 Å². The molecule has 0 saturated carbocycles. The van der Waals surface area contributed by atoms with Gasteiger partial charge in [-0.2, -0.15) is 5.10 Å². The van der Waals surface area contributed by atoms with Gasteiger partial charge >= 0.3 is 0 Å². The standard InChI is InChI=1S/C14H25N3O2/c1-4-12(5-2)17-8-6-11(16-17)10-14(18)13(15)7-9-19-3/h6,8,12-13H,4-5,7,9-10,15H2,1-3H3. The van der Waals surface area contributed by atoms with Crippen molar-refractivity contribution in [2.75, 3.05) is 13.7 Å². The molecule has 1 heterocycles. The molecule has 0 spiro atoms. The van der Waals surface area contributed by atoms with Crippen molar-refractivity contribution in [3.63, 3.8) is 0 Å². The van der Waals surface area contributed by atoms with E-state index in [-0.39, 0.29) is 5.78 Å². The Morgan fingerprint density at radius 1 is 1.47 bits per heavy atom. The molecule has 1 aromatic rings. The zero-order valence-corrected chi connectivity index (χ0v) is 12.1. The van der Waals surface area contributed by atoms with Crippen molar-refractivity contribution in [3.05, 3.63) is 18.0 Å². The summed E-state index contributed by atoms with van der Waals surface area (Å²) in [6.07, 6.45) is 4.89. The first-order valence-electron chi connectivity index (χ1n) is 6.93. The first-order valence-corrected chi connectivity index (χ1v) is 6.93. The van der Waals surface area contributed by atoms with Crippen LogP contribution < -0.4 is 5.73 Å². The SMILES string of the molecule is CCC(CC)n1ccc(CC(=O)C(N)CCOC)n1. The average molecular weight is 267 g/mol. The predicted molar refractivity (Wildman–Crippen MR) is 75.0 cm³/mol. The van der Waals surface area contributed by atoms with Crippen LogP contribution in [0.15, 0.2) is 12.3 Å². The normalized spacial score (nSPS) is 12.9. The maximum absolute atomic E-state index is 11.9. The number of carbonyl (C=O) groups is 1. The summed E-state index contributed by atoms with van der Waals surface area (Å²) in [7, 11) is 1.61. The summed E-state index contributed by atoms with van der Waals surface area (Å²) < 4.78 is 6.87. The van der Waals surface area contributed by atoms with Crippen molar-refractivity contribution in [3.8, 4) is 0 Å². The fraction of sp³-hybridized carbons (Fsp3) is 0.714. The van der Waals surface area contributed by atoms with Crippen molar-refractivity contribution in [2.24, 2.45) is 5.73 Å². The Hall–Kier alpha value is -1.20. The molecule has 5 nitrogen and oxygen atoms in total. The van der Waals surface area contributed by atoms with Gasteiger partial charge in [0.15, 0.2) is 5.78 Å². The number of ether oxygens (including phenoxy) is 1. The molecule has 2 N–H and O–H groups in total. The Labute approximate surface area is 115 Å². The highest BCUT2D eigenvalue weighted by Crippen LogP contribution is 2.14. The Kier molecular flexibility index (Phi) is 6.73. The molecule has 19 heavy (non-hydrogen) atoms. The highest BCUT2D eigenvalue weighted by atomic mass is 16.5. The van der Waals surface area contributed by atoms with Crippen LogP contribution in [0.3, 0.4) is 0 Å². The molecule has 0 fully saturated rings. The van der Waals surface area contributed by atoms with E-state index in [2.05, 4.69) is 18.9 Å². The number of carbonyl (C=O) groups excluding carboxylic acids is 1. The van der Waals surface area contributed by atoms with Gasteiger partial charge in [0.1, 0.15) is 0 Å². The second kappa shape index (κ2) is 8.07. The molecular formula is C14H25N3O2. The fourth-order valence-corrected chi connectivity index (χ4v) is 2.05. The number of Topliss-reactive ketones (excluding diaryl/α,β-unsaturated/α-hetero) is 1. The number of nitrogens with two attached hydrogens (primary N) is 1. The summed E-state index contributed by atoms with van der Waals surface area (Å²) in [5.41, 5.74) is 6.60. The van der Waals surface area contributed by atoms with Crippen LogP contribution in [0.2, 0.25) is 0 Å². The second-order valence-electron chi connectivity index (χ2n) is 4.79. The molecule has 0 bridgehead atoms. The number of nitrogens with zero attached hydrogens (tertiary/aromatic N) is 2. The van der Waals surface area contributed by atoms with E-state index in [9.17, 15) is 4.79 Å². The summed E-state index contributed by atoms with van der Waals surface area (Å²) in [5.74, 6) is 0.0202. The zero-order chi connectivity index (χ0) is 14.3. The summed E-state index contributed by atoms with van der Waals surface area (Å²) >= 11 is 0. The number of hydrogen-bond donors (Lipinski definition) is 1. The summed E-state index contributed by atoms with van der Waals surface area (Å²) in [6, 6.07) is 1.85. The van der Waals surface area contributed by atoms with Crippen LogP contribution in [0.5, 0.6) is 0 Å². The maximum atomic E-state index is 11.9. The molecule has 108 valence electrons. The Bertz CT molecular complexity index is 386. The van der Waals surface area contributed by atoms with E-state index in [1.54, 1.807) is 7.11 Å². The monoisotopic (exact) mass is 267 g/mol. The lowest BCUT2D eigenvalue weighted by atomic mass is 10.1. The van der Waals surface area contributed by atoms with Gasteiger partial charge in [0.25, 0.3) is 0 Å². The van der Waals surface area contributed by atoms with Gasteiger partial charge < -0.3 is 10.5 Å². The quantitative estimate of drug-likeness (QED) is 0.739. The fourth-order valence-electron chi connectivity index (χ4n) is 2.05. The topological polar surface area (TPSA) is 70.1 Å². The van der Waals surface area contributed by atoms with E-state index >= 15 is 0 Å². The highest BCUT2D eigenvalue weighted by Gasteiger charge is 2.16. The molecular weight excluding hydrogens is 242 g/mol. The minimum Gasteiger partial charge on any atom is -0.385 e. The van der Waals surface area contributed by atoms with Crippen molar-refractivity contribution in [1.29, 1.82) is 0 Å². The third kappa shape index (κ3) is 4.76. The lowest BCUT2D eigenvalue weighted by molar-refractivity contribution is -0.120. The second-order valence-corrected chi connectivity index (χ2v) is 4.79. The molecule has 1 rings (SSSR count). The summed E-state index contributed by atoms with van der Waals surface area (Å²) in [5, 5.41) is 4.46. The average Bonchev–Trinajstić information content (AvgIpc) is 2.85. The van der Waals surface area contributed by atoms with Crippen LogP contribution in [-0.2, 0) is 16.0 Å². The molecule has 1 unspecified atom stereocenters. The largest absolute Gasteiger partial charge is 0.385 e. The Morgan fingerprint density at radius 2 is 2.16 bits per heavy atom. The number of ketones is 1. The minimum atomic E-state index is -0.460. The van der Waals surface area contributed by atoms with Crippen molar-refractivity contribution >= 4 is 5.78 Å². The van der Waals surface area contributed by atoms with Crippen LogP contribution >= 0.6 is 0 Å². The maximum Gasteiger partial charge on any atom is 0.155 e. The number of methoxy groups -OCH3 is 1. The van der Waals surface area contributed by atoms with Crippen molar-refractivity contribution < 1.29 is 9.53 Å². The van der Waals surface area contributed by atoms with E-state index in [1.807, 2.05) is 16.9 Å². The third-order valence-corrected chi connectivity index (χ3v) is 3.38. The summed E-state index contributed by atoms with van der Waals surface area (Å²) in [4.78, 5) is 11.9. The highest BCUT2D eigenvalue weighted by molar-refractivity contribution is 5.85. The van der Waals surface area contributed by atoms with Gasteiger partial charge in [-0.3, -0.25) is 9.48 Å². The first-order chi connectivity index (χ1) is 9.12. The van der Waals surface area contributed by atoms with E-state index in [1.165, 1.54) is 0 Å². The smallest absolute Gasteiger partial charge is 0.155 e. The van der Waals surface area contributed by atoms with Gasteiger partial charge in [0.05, 0.1) is 24.2 Å².